The zero-order valence-corrected chi connectivity index (χ0v) is 18.5. The smallest absolute Gasteiger partial charge is 0.326 e. The van der Waals surface area contributed by atoms with Gasteiger partial charge in [-0.05, 0) is 37.1 Å². The molecule has 0 radical (unpaired) electrons. The molecule has 1 amide bonds. The van der Waals surface area contributed by atoms with Crippen LogP contribution in [0.4, 0.5) is 0 Å². The predicted molar refractivity (Wildman–Crippen MR) is 123 cm³/mol. The number of carboxylic acid groups (broad SMARTS) is 1. The molecule has 0 aliphatic carbocycles. The average Bonchev–Trinajstić information content (AvgIpc) is 3.35. The maximum atomic E-state index is 12.6. The molecule has 2 heterocycles. The zero-order valence-electron chi connectivity index (χ0n) is 17.7. The third kappa shape index (κ3) is 4.52. The molecule has 2 aromatic heterocycles. The third-order valence-corrected chi connectivity index (χ3v) is 6.15. The van der Waals surface area contributed by atoms with E-state index < -0.39 is 12.0 Å². The van der Waals surface area contributed by atoms with Crippen molar-refractivity contribution in [3.63, 3.8) is 0 Å². The quantitative estimate of drug-likeness (QED) is 0.356. The first-order chi connectivity index (χ1) is 15.4. The summed E-state index contributed by atoms with van der Waals surface area (Å²) in [5.41, 5.74) is 3.78. The number of hydrogen-bond donors (Lipinski definition) is 3. The minimum Gasteiger partial charge on any atom is -0.480 e. The lowest BCUT2D eigenvalue weighted by Gasteiger charge is -2.14. The first-order valence-electron chi connectivity index (χ1n) is 10.1. The number of H-pyrrole nitrogens is 1. The number of rotatable bonds is 8. The van der Waals surface area contributed by atoms with Gasteiger partial charge in [-0.1, -0.05) is 48.2 Å². The summed E-state index contributed by atoms with van der Waals surface area (Å²) in [5.74, 6) is -0.710. The zero-order chi connectivity index (χ0) is 22.7. The molecular weight excluding hydrogens is 426 g/mol. The molecule has 4 rings (SSSR count). The van der Waals surface area contributed by atoms with Gasteiger partial charge < -0.3 is 15.4 Å². The Hall–Kier alpha value is -3.59. The summed E-state index contributed by atoms with van der Waals surface area (Å²) < 4.78 is 1.90. The SMILES string of the molecule is Cc1ccccc1-n1c(C)nnc1SCC(=O)N[C@@H](Cc1c[nH]c2ccccc12)C(=O)O. The van der Waals surface area contributed by atoms with E-state index in [0.29, 0.717) is 11.0 Å². The molecule has 0 saturated carbocycles. The number of hydrogen-bond acceptors (Lipinski definition) is 5. The van der Waals surface area contributed by atoms with E-state index in [2.05, 4.69) is 20.5 Å². The van der Waals surface area contributed by atoms with E-state index in [-0.39, 0.29) is 18.1 Å². The number of thioether (sulfide) groups is 1. The highest BCUT2D eigenvalue weighted by atomic mass is 32.2. The van der Waals surface area contributed by atoms with Gasteiger partial charge in [-0.15, -0.1) is 10.2 Å². The molecule has 0 unspecified atom stereocenters. The molecule has 4 aromatic rings. The normalized spacial score (nSPS) is 12.1. The van der Waals surface area contributed by atoms with Crippen LogP contribution >= 0.6 is 11.8 Å². The molecule has 1 atom stereocenters. The number of carboxylic acids is 1. The molecule has 0 fully saturated rings. The number of aliphatic carboxylic acids is 1. The van der Waals surface area contributed by atoms with Crippen molar-refractivity contribution in [3.05, 3.63) is 71.7 Å². The Morgan fingerprint density at radius 2 is 1.88 bits per heavy atom. The van der Waals surface area contributed by atoms with E-state index in [1.807, 2.05) is 66.9 Å². The van der Waals surface area contributed by atoms with E-state index in [1.165, 1.54) is 11.8 Å². The van der Waals surface area contributed by atoms with Gasteiger partial charge in [0.05, 0.1) is 11.4 Å². The lowest BCUT2D eigenvalue weighted by Crippen LogP contribution is -2.43. The van der Waals surface area contributed by atoms with E-state index in [0.717, 1.165) is 27.7 Å². The first-order valence-corrected chi connectivity index (χ1v) is 11.1. The first kappa shape index (κ1) is 21.6. The van der Waals surface area contributed by atoms with Crippen LogP contribution in [-0.2, 0) is 16.0 Å². The van der Waals surface area contributed by atoms with Crippen molar-refractivity contribution in [2.45, 2.75) is 31.5 Å². The number of para-hydroxylation sites is 2. The van der Waals surface area contributed by atoms with Crippen LogP contribution in [0.3, 0.4) is 0 Å². The number of amides is 1. The van der Waals surface area contributed by atoms with Gasteiger partial charge >= 0.3 is 5.97 Å². The molecule has 0 spiro atoms. The Morgan fingerprint density at radius 1 is 1.12 bits per heavy atom. The molecule has 0 aliphatic rings. The maximum absolute atomic E-state index is 12.6. The Balaban J connectivity index is 1.44. The lowest BCUT2D eigenvalue weighted by molar-refractivity contribution is -0.141. The number of carbonyl (C=O) groups is 2. The van der Waals surface area contributed by atoms with Crippen molar-refractivity contribution in [2.24, 2.45) is 0 Å². The van der Waals surface area contributed by atoms with Crippen molar-refractivity contribution in [1.29, 1.82) is 0 Å². The number of carbonyl (C=O) groups excluding carboxylic acids is 1. The number of fused-ring (bicyclic) bond motifs is 1. The summed E-state index contributed by atoms with van der Waals surface area (Å²) in [5, 5.41) is 22.1. The lowest BCUT2D eigenvalue weighted by atomic mass is 10.1. The molecule has 8 nitrogen and oxygen atoms in total. The van der Waals surface area contributed by atoms with Crippen molar-refractivity contribution < 1.29 is 14.7 Å². The molecule has 9 heteroatoms. The van der Waals surface area contributed by atoms with Gasteiger partial charge in [-0.25, -0.2) is 4.79 Å². The molecule has 0 aliphatic heterocycles. The Kier molecular flexibility index (Phi) is 6.27. The highest BCUT2D eigenvalue weighted by molar-refractivity contribution is 7.99. The molecule has 164 valence electrons. The standard InChI is InChI=1S/C23H23N5O3S/c1-14-7-3-6-10-20(14)28-15(2)26-27-23(28)32-13-21(29)25-19(22(30)31)11-16-12-24-18-9-5-4-8-17(16)18/h3-10,12,19,24H,11,13H2,1-2H3,(H,25,29)(H,30,31)/t19-/m0/s1. The van der Waals surface area contributed by atoms with Crippen LogP contribution in [0.25, 0.3) is 16.6 Å². The Bertz CT molecular complexity index is 1280. The van der Waals surface area contributed by atoms with Crippen LogP contribution < -0.4 is 5.32 Å². The second-order valence-electron chi connectivity index (χ2n) is 7.46. The van der Waals surface area contributed by atoms with Crippen molar-refractivity contribution >= 4 is 34.5 Å². The van der Waals surface area contributed by atoms with Gasteiger partial charge in [-0.3, -0.25) is 9.36 Å². The highest BCUT2D eigenvalue weighted by Crippen LogP contribution is 2.24. The summed E-state index contributed by atoms with van der Waals surface area (Å²) in [4.78, 5) is 27.5. The number of nitrogens with one attached hydrogen (secondary N) is 2. The molecule has 3 N–H and O–H groups in total. The summed E-state index contributed by atoms with van der Waals surface area (Å²) >= 11 is 1.22. The van der Waals surface area contributed by atoms with Crippen LogP contribution in [0, 0.1) is 13.8 Å². The van der Waals surface area contributed by atoms with Crippen LogP contribution in [0.5, 0.6) is 0 Å². The Labute approximate surface area is 189 Å². The number of benzene rings is 2. The molecule has 2 aromatic carbocycles. The van der Waals surface area contributed by atoms with Gasteiger partial charge in [0.2, 0.25) is 5.91 Å². The maximum Gasteiger partial charge on any atom is 0.326 e. The number of nitrogens with zero attached hydrogens (tertiary/aromatic N) is 3. The van der Waals surface area contributed by atoms with Gasteiger partial charge in [0, 0.05) is 23.5 Å². The van der Waals surface area contributed by atoms with Gasteiger partial charge in [0.15, 0.2) is 5.16 Å². The summed E-state index contributed by atoms with van der Waals surface area (Å²) in [6.45, 7) is 3.85. The third-order valence-electron chi connectivity index (χ3n) is 5.22. The summed E-state index contributed by atoms with van der Waals surface area (Å²) in [6.07, 6.45) is 1.98. The average molecular weight is 450 g/mol. The van der Waals surface area contributed by atoms with Gasteiger partial charge in [0.1, 0.15) is 11.9 Å². The monoisotopic (exact) mass is 449 g/mol. The number of aryl methyl sites for hydroxylation is 2. The van der Waals surface area contributed by atoms with Crippen molar-refractivity contribution in [3.8, 4) is 5.69 Å². The van der Waals surface area contributed by atoms with Crippen molar-refractivity contribution in [1.82, 2.24) is 25.1 Å². The van der Waals surface area contributed by atoms with E-state index in [1.54, 1.807) is 6.20 Å². The summed E-state index contributed by atoms with van der Waals surface area (Å²) in [7, 11) is 0. The molecule has 32 heavy (non-hydrogen) atoms. The second kappa shape index (κ2) is 9.27. The van der Waals surface area contributed by atoms with E-state index in [9.17, 15) is 14.7 Å². The largest absolute Gasteiger partial charge is 0.480 e. The minimum atomic E-state index is -1.08. The van der Waals surface area contributed by atoms with Crippen LogP contribution in [0.15, 0.2) is 59.9 Å². The van der Waals surface area contributed by atoms with Gasteiger partial charge in [-0.2, -0.15) is 0 Å². The van der Waals surface area contributed by atoms with Crippen LogP contribution in [0.1, 0.15) is 17.0 Å². The van der Waals surface area contributed by atoms with Gasteiger partial charge in [0.25, 0.3) is 0 Å². The fourth-order valence-corrected chi connectivity index (χ4v) is 4.42. The van der Waals surface area contributed by atoms with E-state index in [4.69, 9.17) is 0 Å². The minimum absolute atomic E-state index is 0.0294. The Morgan fingerprint density at radius 3 is 2.66 bits per heavy atom. The fraction of sp³-hybridized carbons (Fsp3) is 0.217. The molecule has 0 saturated heterocycles. The summed E-state index contributed by atoms with van der Waals surface area (Å²) in [6, 6.07) is 14.5. The number of aromatic amines is 1. The van der Waals surface area contributed by atoms with E-state index >= 15 is 0 Å². The predicted octanol–water partition coefficient (Wildman–Crippen LogP) is 3.27. The fourth-order valence-electron chi connectivity index (χ4n) is 3.61. The highest BCUT2D eigenvalue weighted by Gasteiger charge is 2.23. The van der Waals surface area contributed by atoms with Crippen LogP contribution in [0.2, 0.25) is 0 Å². The topological polar surface area (TPSA) is 113 Å². The molecule has 0 bridgehead atoms. The van der Waals surface area contributed by atoms with Crippen LogP contribution in [-0.4, -0.2) is 48.5 Å². The molecular formula is C23H23N5O3S. The van der Waals surface area contributed by atoms with Crippen molar-refractivity contribution in [2.75, 3.05) is 5.75 Å². The number of aromatic nitrogens is 4. The second-order valence-corrected chi connectivity index (χ2v) is 8.40.